The summed E-state index contributed by atoms with van der Waals surface area (Å²) in [5.74, 6) is -1.77. The van der Waals surface area contributed by atoms with E-state index in [1.165, 1.54) is 18.2 Å². The van der Waals surface area contributed by atoms with Crippen LogP contribution in [0.1, 0.15) is 33.6 Å². The Kier molecular flexibility index (Phi) is 6.19. The Morgan fingerprint density at radius 3 is 2.08 bits per heavy atom. The maximum Gasteiger partial charge on any atom is 0.340 e. The van der Waals surface area contributed by atoms with Crippen LogP contribution in [0.3, 0.4) is 0 Å². The molecule has 0 bridgehead atoms. The molecular formula is C18H18O6. The maximum absolute atomic E-state index is 11.3. The van der Waals surface area contributed by atoms with E-state index in [9.17, 15) is 14.7 Å². The Balaban J connectivity index is 1.83. The van der Waals surface area contributed by atoms with Gasteiger partial charge in [0, 0.05) is 0 Å². The quantitative estimate of drug-likeness (QED) is 0.685. The van der Waals surface area contributed by atoms with Crippen molar-refractivity contribution < 1.29 is 29.3 Å². The SMILES string of the molecule is O=C(O)c1cccc(OCCCCOc2ccccc2)c1C(=O)O. The summed E-state index contributed by atoms with van der Waals surface area (Å²) in [5, 5.41) is 18.3. The van der Waals surface area contributed by atoms with E-state index in [1.807, 2.05) is 30.3 Å². The lowest BCUT2D eigenvalue weighted by Crippen LogP contribution is -2.11. The van der Waals surface area contributed by atoms with Crippen LogP contribution in [0.4, 0.5) is 0 Å². The highest BCUT2D eigenvalue weighted by atomic mass is 16.5. The molecular weight excluding hydrogens is 312 g/mol. The molecule has 2 rings (SSSR count). The second-order valence-corrected chi connectivity index (χ2v) is 5.01. The summed E-state index contributed by atoms with van der Waals surface area (Å²) in [5.41, 5.74) is -0.613. The van der Waals surface area contributed by atoms with Gasteiger partial charge in [-0.1, -0.05) is 24.3 Å². The van der Waals surface area contributed by atoms with Gasteiger partial charge in [0.2, 0.25) is 0 Å². The number of unbranched alkanes of at least 4 members (excludes halogenated alkanes) is 1. The minimum Gasteiger partial charge on any atom is -0.494 e. The summed E-state index contributed by atoms with van der Waals surface area (Å²) >= 11 is 0. The molecule has 126 valence electrons. The molecule has 2 aromatic carbocycles. The van der Waals surface area contributed by atoms with Gasteiger partial charge in [0.1, 0.15) is 17.1 Å². The van der Waals surface area contributed by atoms with Gasteiger partial charge in [-0.2, -0.15) is 0 Å². The third-order valence-electron chi connectivity index (χ3n) is 3.28. The van der Waals surface area contributed by atoms with Gasteiger partial charge in [-0.05, 0) is 37.1 Å². The van der Waals surface area contributed by atoms with Crippen LogP contribution in [-0.4, -0.2) is 35.4 Å². The van der Waals surface area contributed by atoms with Gasteiger partial charge in [-0.3, -0.25) is 0 Å². The van der Waals surface area contributed by atoms with E-state index in [0.29, 0.717) is 13.0 Å². The standard InChI is InChI=1S/C18H18O6/c19-17(20)14-9-6-10-15(16(14)18(21)22)24-12-5-4-11-23-13-7-2-1-3-8-13/h1-3,6-10H,4-5,11-12H2,(H,19,20)(H,21,22). The molecule has 6 heteroatoms. The lowest BCUT2D eigenvalue weighted by Gasteiger charge is -2.11. The predicted molar refractivity (Wildman–Crippen MR) is 87.0 cm³/mol. The van der Waals surface area contributed by atoms with Crippen molar-refractivity contribution in [2.45, 2.75) is 12.8 Å². The zero-order valence-electron chi connectivity index (χ0n) is 13.0. The van der Waals surface area contributed by atoms with Crippen LogP contribution >= 0.6 is 0 Å². The highest BCUT2D eigenvalue weighted by molar-refractivity contribution is 6.03. The van der Waals surface area contributed by atoms with E-state index in [-0.39, 0.29) is 23.5 Å². The molecule has 0 spiro atoms. The monoisotopic (exact) mass is 330 g/mol. The number of ether oxygens (including phenoxy) is 2. The maximum atomic E-state index is 11.3. The summed E-state index contributed by atoms with van der Waals surface area (Å²) < 4.78 is 11.0. The molecule has 6 nitrogen and oxygen atoms in total. The summed E-state index contributed by atoms with van der Waals surface area (Å²) in [6.45, 7) is 0.801. The number of carboxylic acids is 2. The van der Waals surface area contributed by atoms with Gasteiger partial charge < -0.3 is 19.7 Å². The van der Waals surface area contributed by atoms with Crippen molar-refractivity contribution >= 4 is 11.9 Å². The number of carboxylic acid groups (broad SMARTS) is 2. The number of aromatic carboxylic acids is 2. The van der Waals surface area contributed by atoms with E-state index < -0.39 is 11.9 Å². The molecule has 0 aliphatic heterocycles. The third kappa shape index (κ3) is 4.74. The first-order valence-electron chi connectivity index (χ1n) is 7.50. The van der Waals surface area contributed by atoms with Crippen LogP contribution in [-0.2, 0) is 0 Å². The van der Waals surface area contributed by atoms with Crippen LogP contribution in [0.2, 0.25) is 0 Å². The topological polar surface area (TPSA) is 93.1 Å². The number of benzene rings is 2. The van der Waals surface area contributed by atoms with Gasteiger partial charge in [-0.15, -0.1) is 0 Å². The Bertz CT molecular complexity index is 696. The number of rotatable bonds is 9. The Morgan fingerprint density at radius 1 is 0.792 bits per heavy atom. The predicted octanol–water partition coefficient (Wildman–Crippen LogP) is 3.32. The van der Waals surface area contributed by atoms with Gasteiger partial charge in [0.25, 0.3) is 0 Å². The zero-order chi connectivity index (χ0) is 17.4. The fourth-order valence-electron chi connectivity index (χ4n) is 2.14. The van der Waals surface area contributed by atoms with Gasteiger partial charge in [0.15, 0.2) is 0 Å². The summed E-state index contributed by atoms with van der Waals surface area (Å²) in [6, 6.07) is 13.6. The first-order valence-corrected chi connectivity index (χ1v) is 7.50. The molecule has 0 radical (unpaired) electrons. The lowest BCUT2D eigenvalue weighted by molar-refractivity contribution is 0.0647. The van der Waals surface area contributed by atoms with Crippen molar-refractivity contribution in [3.05, 3.63) is 59.7 Å². The third-order valence-corrected chi connectivity index (χ3v) is 3.28. The number of carbonyl (C=O) groups is 2. The Hall–Kier alpha value is -3.02. The average Bonchev–Trinajstić information content (AvgIpc) is 2.58. The minimum atomic E-state index is -1.32. The van der Waals surface area contributed by atoms with E-state index >= 15 is 0 Å². The molecule has 2 N–H and O–H groups in total. The molecule has 0 aliphatic rings. The van der Waals surface area contributed by atoms with Crippen molar-refractivity contribution in [3.8, 4) is 11.5 Å². The van der Waals surface area contributed by atoms with Crippen LogP contribution in [0.25, 0.3) is 0 Å². The summed E-state index contributed by atoms with van der Waals surface area (Å²) in [4.78, 5) is 22.4. The van der Waals surface area contributed by atoms with Crippen LogP contribution in [0.5, 0.6) is 11.5 Å². The van der Waals surface area contributed by atoms with E-state index in [0.717, 1.165) is 12.2 Å². The van der Waals surface area contributed by atoms with Crippen molar-refractivity contribution in [1.82, 2.24) is 0 Å². The van der Waals surface area contributed by atoms with Crippen molar-refractivity contribution in [2.24, 2.45) is 0 Å². The van der Waals surface area contributed by atoms with E-state index in [4.69, 9.17) is 14.6 Å². The van der Waals surface area contributed by atoms with Gasteiger partial charge in [0.05, 0.1) is 18.8 Å². The molecule has 0 atom stereocenters. The number of hydrogen-bond acceptors (Lipinski definition) is 4. The molecule has 0 saturated carbocycles. The molecule has 24 heavy (non-hydrogen) atoms. The molecule has 0 amide bonds. The van der Waals surface area contributed by atoms with Crippen molar-refractivity contribution in [3.63, 3.8) is 0 Å². The average molecular weight is 330 g/mol. The second-order valence-electron chi connectivity index (χ2n) is 5.01. The normalized spacial score (nSPS) is 10.2. The summed E-state index contributed by atoms with van der Waals surface area (Å²) in [6.07, 6.45) is 1.39. The van der Waals surface area contributed by atoms with Crippen LogP contribution in [0, 0.1) is 0 Å². The molecule has 0 fully saturated rings. The first-order chi connectivity index (χ1) is 11.6. The largest absolute Gasteiger partial charge is 0.494 e. The van der Waals surface area contributed by atoms with Gasteiger partial charge in [-0.25, -0.2) is 9.59 Å². The van der Waals surface area contributed by atoms with E-state index in [2.05, 4.69) is 0 Å². The van der Waals surface area contributed by atoms with Gasteiger partial charge >= 0.3 is 11.9 Å². The highest BCUT2D eigenvalue weighted by Crippen LogP contribution is 2.23. The van der Waals surface area contributed by atoms with Crippen LogP contribution < -0.4 is 9.47 Å². The Labute approximate surface area is 139 Å². The molecule has 0 aliphatic carbocycles. The molecule has 2 aromatic rings. The molecule has 0 aromatic heterocycles. The molecule has 0 heterocycles. The van der Waals surface area contributed by atoms with E-state index in [1.54, 1.807) is 0 Å². The minimum absolute atomic E-state index is 0.0615. The fourth-order valence-corrected chi connectivity index (χ4v) is 2.14. The lowest BCUT2D eigenvalue weighted by atomic mass is 10.1. The molecule has 0 saturated heterocycles. The van der Waals surface area contributed by atoms with Crippen molar-refractivity contribution in [1.29, 1.82) is 0 Å². The first kappa shape index (κ1) is 17.3. The molecule has 0 unspecified atom stereocenters. The fraction of sp³-hybridized carbons (Fsp3) is 0.222. The number of para-hydroxylation sites is 1. The van der Waals surface area contributed by atoms with Crippen LogP contribution in [0.15, 0.2) is 48.5 Å². The highest BCUT2D eigenvalue weighted by Gasteiger charge is 2.20. The second kappa shape index (κ2) is 8.57. The summed E-state index contributed by atoms with van der Waals surface area (Å²) in [7, 11) is 0. The smallest absolute Gasteiger partial charge is 0.340 e. The Morgan fingerprint density at radius 2 is 1.46 bits per heavy atom. The van der Waals surface area contributed by atoms with Crippen molar-refractivity contribution in [2.75, 3.05) is 13.2 Å². The zero-order valence-corrected chi connectivity index (χ0v) is 13.0. The number of hydrogen-bond donors (Lipinski definition) is 2.